The van der Waals surface area contributed by atoms with E-state index in [4.69, 9.17) is 0 Å². The molecule has 162 valence electrons. The Morgan fingerprint density at radius 1 is 0.500 bits per heavy atom. The van der Waals surface area contributed by atoms with Crippen molar-refractivity contribution >= 4 is 31.9 Å². The molecule has 0 atom stereocenters. The van der Waals surface area contributed by atoms with Gasteiger partial charge in [0.2, 0.25) is 0 Å². The molecule has 0 fully saturated rings. The lowest BCUT2D eigenvalue weighted by molar-refractivity contribution is -0.138. The van der Waals surface area contributed by atoms with E-state index in [2.05, 4.69) is 55.5 Å². The smallest absolute Gasteiger partial charge is 0.166 e. The molecule has 3 aromatic carbocycles. The first kappa shape index (κ1) is 24.0. The molecule has 0 heterocycles. The molecule has 0 aromatic heterocycles. The predicted molar refractivity (Wildman–Crippen MR) is 117 cm³/mol. The van der Waals surface area contributed by atoms with Crippen molar-refractivity contribution in [2.45, 2.75) is 12.4 Å². The van der Waals surface area contributed by atoms with Crippen LogP contribution in [0.2, 0.25) is 0 Å². The Hall–Kier alpha value is -2.68. The van der Waals surface area contributed by atoms with E-state index in [0.29, 0.717) is 31.2 Å². The summed E-state index contributed by atoms with van der Waals surface area (Å²) in [6.45, 7) is 0. The minimum atomic E-state index is -4.41. The zero-order valence-corrected chi connectivity index (χ0v) is 19.0. The standard InChI is InChI=1S/C24H10Br2F6/c25-21-14-18(8-2-16-5-11-20(12-6-16)24(30,31)32)22(26)13-17(21)7-1-15-3-9-19(10-4-15)23(27,28)29/h3-6,9-14H. The van der Waals surface area contributed by atoms with Crippen LogP contribution in [0.3, 0.4) is 0 Å². The minimum Gasteiger partial charge on any atom is -0.166 e. The average Bonchev–Trinajstić information content (AvgIpc) is 2.72. The lowest BCUT2D eigenvalue weighted by Gasteiger charge is -2.05. The van der Waals surface area contributed by atoms with Crippen molar-refractivity contribution in [2.24, 2.45) is 0 Å². The van der Waals surface area contributed by atoms with Crippen LogP contribution in [0.5, 0.6) is 0 Å². The van der Waals surface area contributed by atoms with Gasteiger partial charge in [-0.05, 0) is 92.5 Å². The quantitative estimate of drug-likeness (QED) is 0.189. The summed E-state index contributed by atoms with van der Waals surface area (Å²) >= 11 is 6.77. The van der Waals surface area contributed by atoms with Crippen LogP contribution in [0, 0.1) is 23.7 Å². The Bertz CT molecular complexity index is 1150. The summed E-state index contributed by atoms with van der Waals surface area (Å²) in [6.07, 6.45) is -8.81. The fourth-order valence-electron chi connectivity index (χ4n) is 2.50. The first-order valence-electron chi connectivity index (χ1n) is 8.81. The molecule has 0 aliphatic rings. The van der Waals surface area contributed by atoms with Gasteiger partial charge in [-0.15, -0.1) is 0 Å². The number of alkyl halides is 6. The molecule has 0 unspecified atom stereocenters. The topological polar surface area (TPSA) is 0 Å². The van der Waals surface area contributed by atoms with Crippen molar-refractivity contribution < 1.29 is 26.3 Å². The Morgan fingerprint density at radius 2 is 0.812 bits per heavy atom. The van der Waals surface area contributed by atoms with Gasteiger partial charge in [-0.25, -0.2) is 0 Å². The van der Waals surface area contributed by atoms with Gasteiger partial charge in [0, 0.05) is 31.2 Å². The average molecular weight is 572 g/mol. The maximum atomic E-state index is 12.6. The predicted octanol–water partition coefficient (Wildman–Crippen LogP) is 8.05. The van der Waals surface area contributed by atoms with Crippen LogP contribution in [0.4, 0.5) is 26.3 Å². The molecule has 0 spiro atoms. The fourth-order valence-corrected chi connectivity index (χ4v) is 3.39. The highest BCUT2D eigenvalue weighted by Crippen LogP contribution is 2.30. The highest BCUT2D eigenvalue weighted by molar-refractivity contribution is 9.11. The Balaban J connectivity index is 1.81. The molecule has 0 bridgehead atoms. The normalized spacial score (nSPS) is 11.2. The monoisotopic (exact) mass is 570 g/mol. The maximum absolute atomic E-state index is 12.6. The maximum Gasteiger partial charge on any atom is 0.416 e. The van der Waals surface area contributed by atoms with Crippen LogP contribution in [0.15, 0.2) is 69.6 Å². The fraction of sp³-hybridized carbons (Fsp3) is 0.0833. The summed E-state index contributed by atoms with van der Waals surface area (Å²) in [5.41, 5.74) is 0.513. The largest absolute Gasteiger partial charge is 0.416 e. The van der Waals surface area contributed by atoms with E-state index in [-0.39, 0.29) is 0 Å². The molecular formula is C24H10Br2F6. The SMILES string of the molecule is FC(F)(F)c1ccc(C#Cc2cc(Br)c(C#Cc3ccc(C(F)(F)F)cc3)cc2Br)cc1. The molecule has 0 radical (unpaired) electrons. The van der Waals surface area contributed by atoms with Gasteiger partial charge < -0.3 is 0 Å². The second-order valence-corrected chi connectivity index (χ2v) is 8.17. The van der Waals surface area contributed by atoms with Crippen LogP contribution in [-0.4, -0.2) is 0 Å². The van der Waals surface area contributed by atoms with Crippen molar-refractivity contribution in [3.05, 3.63) is 103 Å². The van der Waals surface area contributed by atoms with E-state index < -0.39 is 23.5 Å². The van der Waals surface area contributed by atoms with Gasteiger partial charge >= 0.3 is 12.4 Å². The van der Waals surface area contributed by atoms with Crippen molar-refractivity contribution in [2.75, 3.05) is 0 Å². The number of benzene rings is 3. The van der Waals surface area contributed by atoms with E-state index in [0.717, 1.165) is 24.3 Å². The molecule has 0 nitrogen and oxygen atoms in total. The molecule has 0 N–H and O–H groups in total. The molecule has 3 rings (SSSR count). The molecular weight excluding hydrogens is 562 g/mol. The van der Waals surface area contributed by atoms with Crippen LogP contribution >= 0.6 is 31.9 Å². The lowest BCUT2D eigenvalue weighted by Crippen LogP contribution is -2.04. The van der Waals surface area contributed by atoms with E-state index in [1.807, 2.05) is 0 Å². The Kier molecular flexibility index (Phi) is 7.07. The summed E-state index contributed by atoms with van der Waals surface area (Å²) in [5, 5.41) is 0. The van der Waals surface area contributed by atoms with Gasteiger partial charge in [-0.2, -0.15) is 26.3 Å². The third kappa shape index (κ3) is 6.18. The molecule has 0 amide bonds. The van der Waals surface area contributed by atoms with Gasteiger partial charge in [0.25, 0.3) is 0 Å². The highest BCUT2D eigenvalue weighted by atomic mass is 79.9. The van der Waals surface area contributed by atoms with E-state index in [1.54, 1.807) is 12.1 Å². The molecule has 0 saturated carbocycles. The van der Waals surface area contributed by atoms with Crippen LogP contribution < -0.4 is 0 Å². The summed E-state index contributed by atoms with van der Waals surface area (Å²) in [5.74, 6) is 11.4. The van der Waals surface area contributed by atoms with E-state index in [1.165, 1.54) is 24.3 Å². The lowest BCUT2D eigenvalue weighted by atomic mass is 10.1. The Morgan fingerprint density at radius 3 is 1.09 bits per heavy atom. The summed E-state index contributed by atoms with van der Waals surface area (Å²) in [6, 6.07) is 12.4. The molecule has 32 heavy (non-hydrogen) atoms. The first-order chi connectivity index (χ1) is 14.9. The Labute approximate surface area is 196 Å². The van der Waals surface area contributed by atoms with Crippen LogP contribution in [-0.2, 0) is 12.4 Å². The van der Waals surface area contributed by atoms with Crippen molar-refractivity contribution in [3.63, 3.8) is 0 Å². The van der Waals surface area contributed by atoms with E-state index in [9.17, 15) is 26.3 Å². The number of hydrogen-bond acceptors (Lipinski definition) is 0. The molecule has 0 saturated heterocycles. The molecule has 0 aliphatic carbocycles. The van der Waals surface area contributed by atoms with Crippen LogP contribution in [0.25, 0.3) is 0 Å². The third-order valence-electron chi connectivity index (χ3n) is 4.16. The summed E-state index contributed by atoms with van der Waals surface area (Å²) in [4.78, 5) is 0. The number of halogens is 8. The summed E-state index contributed by atoms with van der Waals surface area (Å²) in [7, 11) is 0. The molecule has 8 heteroatoms. The number of rotatable bonds is 0. The van der Waals surface area contributed by atoms with Gasteiger partial charge in [-0.1, -0.05) is 23.7 Å². The van der Waals surface area contributed by atoms with Gasteiger partial charge in [0.1, 0.15) is 0 Å². The highest BCUT2D eigenvalue weighted by Gasteiger charge is 2.30. The van der Waals surface area contributed by atoms with E-state index >= 15 is 0 Å². The number of hydrogen-bond donors (Lipinski definition) is 0. The zero-order chi connectivity index (χ0) is 23.5. The van der Waals surface area contributed by atoms with Gasteiger partial charge in [0.15, 0.2) is 0 Å². The first-order valence-corrected chi connectivity index (χ1v) is 10.4. The van der Waals surface area contributed by atoms with Crippen LogP contribution in [0.1, 0.15) is 33.4 Å². The third-order valence-corrected chi connectivity index (χ3v) is 5.48. The van der Waals surface area contributed by atoms with Gasteiger partial charge in [-0.3, -0.25) is 0 Å². The molecule has 3 aromatic rings. The second-order valence-electron chi connectivity index (χ2n) is 6.46. The summed E-state index contributed by atoms with van der Waals surface area (Å²) < 4.78 is 77.0. The van der Waals surface area contributed by atoms with Gasteiger partial charge in [0.05, 0.1) is 11.1 Å². The second kappa shape index (κ2) is 9.44. The molecule has 0 aliphatic heterocycles. The minimum absolute atomic E-state index is 0.423. The zero-order valence-electron chi connectivity index (χ0n) is 15.8. The van der Waals surface area contributed by atoms with Crippen molar-refractivity contribution in [1.29, 1.82) is 0 Å². The van der Waals surface area contributed by atoms with Crippen molar-refractivity contribution in [3.8, 4) is 23.7 Å². The van der Waals surface area contributed by atoms with Crippen molar-refractivity contribution in [1.82, 2.24) is 0 Å².